The number of hydrogen-bond acceptors (Lipinski definition) is 4. The van der Waals surface area contributed by atoms with Crippen LogP contribution in [-0.2, 0) is 0 Å². The highest BCUT2D eigenvalue weighted by atomic mass is 16.6. The Balaban J connectivity index is 3.19. The lowest BCUT2D eigenvalue weighted by Crippen LogP contribution is -2.00. The SMILES string of the molecule is C=CC(O)c1ccncc1[N+](=O)[O-]. The molecule has 0 aliphatic rings. The molecule has 1 aromatic rings. The van der Waals surface area contributed by atoms with Crippen LogP contribution in [0.4, 0.5) is 5.69 Å². The van der Waals surface area contributed by atoms with Crippen molar-refractivity contribution in [2.45, 2.75) is 6.10 Å². The topological polar surface area (TPSA) is 76.3 Å². The van der Waals surface area contributed by atoms with Gasteiger partial charge in [0.2, 0.25) is 0 Å². The van der Waals surface area contributed by atoms with E-state index in [9.17, 15) is 15.2 Å². The largest absolute Gasteiger partial charge is 0.384 e. The third-order valence-corrected chi connectivity index (χ3v) is 1.57. The Bertz CT molecular complexity index is 338. The number of aliphatic hydroxyl groups is 1. The van der Waals surface area contributed by atoms with Crippen LogP contribution in [0, 0.1) is 10.1 Å². The Hall–Kier alpha value is -1.75. The van der Waals surface area contributed by atoms with Crippen LogP contribution in [-0.4, -0.2) is 15.0 Å². The molecule has 0 bridgehead atoms. The van der Waals surface area contributed by atoms with Crippen LogP contribution in [0.3, 0.4) is 0 Å². The minimum atomic E-state index is -1.02. The molecule has 0 fully saturated rings. The maximum Gasteiger partial charge on any atom is 0.293 e. The Morgan fingerprint density at radius 2 is 2.46 bits per heavy atom. The van der Waals surface area contributed by atoms with E-state index >= 15 is 0 Å². The van der Waals surface area contributed by atoms with Gasteiger partial charge >= 0.3 is 0 Å². The van der Waals surface area contributed by atoms with E-state index in [4.69, 9.17) is 0 Å². The maximum atomic E-state index is 10.5. The summed E-state index contributed by atoms with van der Waals surface area (Å²) in [6.07, 6.45) is 2.68. The predicted molar refractivity (Wildman–Crippen MR) is 46.0 cm³/mol. The summed E-state index contributed by atoms with van der Waals surface area (Å²) in [6, 6.07) is 1.39. The van der Waals surface area contributed by atoms with Crippen molar-refractivity contribution < 1.29 is 10.0 Å². The van der Waals surface area contributed by atoms with Gasteiger partial charge in [0.15, 0.2) is 0 Å². The van der Waals surface area contributed by atoms with Crippen LogP contribution in [0.2, 0.25) is 0 Å². The molecule has 0 aliphatic heterocycles. The second-order valence-electron chi connectivity index (χ2n) is 2.37. The summed E-state index contributed by atoms with van der Waals surface area (Å²) < 4.78 is 0. The summed E-state index contributed by atoms with van der Waals surface area (Å²) in [4.78, 5) is 13.5. The first kappa shape index (κ1) is 9.34. The standard InChI is InChI=1S/C8H8N2O3/c1-2-8(11)6-3-4-9-5-7(6)10(12)13/h2-5,8,11H,1H2. The van der Waals surface area contributed by atoms with Crippen LogP contribution in [0.15, 0.2) is 31.1 Å². The predicted octanol–water partition coefficient (Wildman–Crippen LogP) is 1.21. The van der Waals surface area contributed by atoms with Crippen molar-refractivity contribution in [2.75, 3.05) is 0 Å². The first-order chi connectivity index (χ1) is 6.16. The molecule has 0 radical (unpaired) electrons. The van der Waals surface area contributed by atoms with Crippen molar-refractivity contribution in [1.82, 2.24) is 4.98 Å². The molecule has 0 amide bonds. The molecule has 0 aromatic carbocycles. The minimum absolute atomic E-state index is 0.199. The zero-order valence-corrected chi connectivity index (χ0v) is 6.75. The van der Waals surface area contributed by atoms with Crippen LogP contribution in [0.25, 0.3) is 0 Å². The number of pyridine rings is 1. The van der Waals surface area contributed by atoms with E-state index in [0.29, 0.717) is 0 Å². The molecule has 0 saturated carbocycles. The Morgan fingerprint density at radius 3 is 3.00 bits per heavy atom. The van der Waals surface area contributed by atoms with Gasteiger partial charge in [0.1, 0.15) is 12.3 Å². The molecular weight excluding hydrogens is 172 g/mol. The number of rotatable bonds is 3. The average molecular weight is 180 g/mol. The van der Waals surface area contributed by atoms with Crippen molar-refractivity contribution in [1.29, 1.82) is 0 Å². The second-order valence-corrected chi connectivity index (χ2v) is 2.37. The fourth-order valence-electron chi connectivity index (χ4n) is 0.927. The Kier molecular flexibility index (Phi) is 2.71. The smallest absolute Gasteiger partial charge is 0.293 e. The highest BCUT2D eigenvalue weighted by molar-refractivity contribution is 5.39. The van der Waals surface area contributed by atoms with Gasteiger partial charge in [0, 0.05) is 6.20 Å². The maximum absolute atomic E-state index is 10.5. The van der Waals surface area contributed by atoms with Crippen molar-refractivity contribution >= 4 is 5.69 Å². The Labute approximate surface area is 74.5 Å². The van der Waals surface area contributed by atoms with Gasteiger partial charge in [-0.2, -0.15) is 0 Å². The first-order valence-electron chi connectivity index (χ1n) is 3.55. The molecule has 0 aliphatic carbocycles. The van der Waals surface area contributed by atoms with Gasteiger partial charge in [-0.25, -0.2) is 0 Å². The second kappa shape index (κ2) is 3.77. The highest BCUT2D eigenvalue weighted by Gasteiger charge is 2.17. The van der Waals surface area contributed by atoms with E-state index in [2.05, 4.69) is 11.6 Å². The molecule has 5 heteroatoms. The molecular formula is C8H8N2O3. The number of nitrogens with zero attached hydrogens (tertiary/aromatic N) is 2. The van der Waals surface area contributed by atoms with Crippen molar-refractivity contribution in [2.24, 2.45) is 0 Å². The van der Waals surface area contributed by atoms with Crippen LogP contribution in [0.5, 0.6) is 0 Å². The van der Waals surface area contributed by atoms with E-state index in [0.717, 1.165) is 6.20 Å². The minimum Gasteiger partial charge on any atom is -0.384 e. The van der Waals surface area contributed by atoms with E-state index in [1.54, 1.807) is 0 Å². The third-order valence-electron chi connectivity index (χ3n) is 1.57. The number of hydrogen-bond donors (Lipinski definition) is 1. The fraction of sp³-hybridized carbons (Fsp3) is 0.125. The number of aromatic nitrogens is 1. The van der Waals surface area contributed by atoms with Gasteiger partial charge < -0.3 is 5.11 Å². The zero-order valence-electron chi connectivity index (χ0n) is 6.75. The van der Waals surface area contributed by atoms with E-state index in [1.807, 2.05) is 0 Å². The molecule has 1 heterocycles. The molecule has 5 nitrogen and oxygen atoms in total. The van der Waals surface area contributed by atoms with Gasteiger partial charge in [0.25, 0.3) is 5.69 Å². The third kappa shape index (κ3) is 1.88. The van der Waals surface area contributed by atoms with Crippen LogP contribution < -0.4 is 0 Å². The van der Waals surface area contributed by atoms with Gasteiger partial charge in [0.05, 0.1) is 10.5 Å². The lowest BCUT2D eigenvalue weighted by molar-refractivity contribution is -0.386. The number of aliphatic hydroxyl groups excluding tert-OH is 1. The molecule has 13 heavy (non-hydrogen) atoms. The molecule has 1 N–H and O–H groups in total. The van der Waals surface area contributed by atoms with E-state index in [-0.39, 0.29) is 11.3 Å². The lowest BCUT2D eigenvalue weighted by atomic mass is 10.1. The summed E-state index contributed by atoms with van der Waals surface area (Å²) in [7, 11) is 0. The molecule has 68 valence electrons. The molecule has 1 unspecified atom stereocenters. The molecule has 1 rings (SSSR count). The molecule has 1 aromatic heterocycles. The Morgan fingerprint density at radius 1 is 1.77 bits per heavy atom. The summed E-state index contributed by atoms with van der Waals surface area (Å²) in [6.45, 7) is 3.34. The highest BCUT2D eigenvalue weighted by Crippen LogP contribution is 2.23. The van der Waals surface area contributed by atoms with Gasteiger partial charge in [-0.3, -0.25) is 15.1 Å². The molecule has 0 saturated heterocycles. The summed E-state index contributed by atoms with van der Waals surface area (Å²) in [5, 5.41) is 19.8. The van der Waals surface area contributed by atoms with Crippen LogP contribution in [0.1, 0.15) is 11.7 Å². The zero-order chi connectivity index (χ0) is 9.84. The fourth-order valence-corrected chi connectivity index (χ4v) is 0.927. The molecule has 0 spiro atoms. The lowest BCUT2D eigenvalue weighted by Gasteiger charge is -2.04. The van der Waals surface area contributed by atoms with Gasteiger partial charge in [-0.15, -0.1) is 6.58 Å². The monoisotopic (exact) mass is 180 g/mol. The molecule has 1 atom stereocenters. The van der Waals surface area contributed by atoms with Crippen molar-refractivity contribution in [3.8, 4) is 0 Å². The van der Waals surface area contributed by atoms with Crippen molar-refractivity contribution in [3.05, 3.63) is 46.8 Å². The summed E-state index contributed by atoms with van der Waals surface area (Å²) >= 11 is 0. The summed E-state index contributed by atoms with van der Waals surface area (Å²) in [5.74, 6) is 0. The van der Waals surface area contributed by atoms with Crippen LogP contribution >= 0.6 is 0 Å². The summed E-state index contributed by atoms with van der Waals surface area (Å²) in [5.41, 5.74) is 0.00454. The average Bonchev–Trinajstić information content (AvgIpc) is 2.16. The number of nitro groups is 1. The van der Waals surface area contributed by atoms with Gasteiger partial charge in [-0.05, 0) is 6.07 Å². The first-order valence-corrected chi connectivity index (χ1v) is 3.55. The van der Waals surface area contributed by atoms with E-state index in [1.165, 1.54) is 18.3 Å². The van der Waals surface area contributed by atoms with Gasteiger partial charge in [-0.1, -0.05) is 6.08 Å². The normalized spacial score (nSPS) is 12.1. The van der Waals surface area contributed by atoms with E-state index < -0.39 is 11.0 Å². The van der Waals surface area contributed by atoms with Crippen molar-refractivity contribution in [3.63, 3.8) is 0 Å². The quantitative estimate of drug-likeness (QED) is 0.431.